The number of thioether (sulfide) groups is 1. The first-order valence-corrected chi connectivity index (χ1v) is 10.2. The van der Waals surface area contributed by atoms with E-state index < -0.39 is 17.7 Å². The molecule has 142 valence electrons. The summed E-state index contributed by atoms with van der Waals surface area (Å²) >= 11 is 2.95. The maximum absolute atomic E-state index is 13.9. The molecule has 0 aliphatic heterocycles. The van der Waals surface area contributed by atoms with Gasteiger partial charge in [-0.2, -0.15) is 0 Å². The van der Waals surface area contributed by atoms with Crippen LogP contribution < -0.4 is 5.32 Å². The fraction of sp³-hybridized carbons (Fsp3) is 0.316. The quantitative estimate of drug-likeness (QED) is 0.485. The van der Waals surface area contributed by atoms with Crippen LogP contribution in [0.1, 0.15) is 34.8 Å². The smallest absolute Gasteiger partial charge is 0.230 e. The van der Waals surface area contributed by atoms with Crippen molar-refractivity contribution in [2.75, 3.05) is 5.75 Å². The van der Waals surface area contributed by atoms with E-state index in [0.29, 0.717) is 5.82 Å². The monoisotopic (exact) mass is 407 g/mol. The number of benzene rings is 1. The van der Waals surface area contributed by atoms with Crippen molar-refractivity contribution in [1.29, 1.82) is 0 Å². The average molecular weight is 408 g/mol. The second-order valence-electron chi connectivity index (χ2n) is 6.28. The van der Waals surface area contributed by atoms with Crippen LogP contribution >= 0.6 is 23.1 Å². The maximum atomic E-state index is 13.9. The van der Waals surface area contributed by atoms with Crippen LogP contribution in [0.3, 0.4) is 0 Å². The van der Waals surface area contributed by atoms with E-state index in [0.717, 1.165) is 26.9 Å². The van der Waals surface area contributed by atoms with Gasteiger partial charge in [0.2, 0.25) is 5.91 Å². The number of carbonyl (C=O) groups excluding carboxylic acids is 1. The molecule has 1 aromatic carbocycles. The SMILES string of the molecule is Cc1nc(SCC(=O)N[C@@H](C)c2ccc(F)cc2F)c2c(C)c(C)sc2n1. The first kappa shape index (κ1) is 19.7. The van der Waals surface area contributed by atoms with Crippen LogP contribution in [0.25, 0.3) is 10.2 Å². The molecule has 0 bridgehead atoms. The van der Waals surface area contributed by atoms with Crippen molar-refractivity contribution in [2.24, 2.45) is 0 Å². The molecule has 27 heavy (non-hydrogen) atoms. The van der Waals surface area contributed by atoms with Gasteiger partial charge in [-0.3, -0.25) is 4.79 Å². The molecule has 0 fully saturated rings. The van der Waals surface area contributed by atoms with Crippen LogP contribution in [0.5, 0.6) is 0 Å². The summed E-state index contributed by atoms with van der Waals surface area (Å²) in [4.78, 5) is 23.4. The van der Waals surface area contributed by atoms with Crippen molar-refractivity contribution in [3.05, 3.63) is 51.7 Å². The summed E-state index contributed by atoms with van der Waals surface area (Å²) in [5, 5.41) is 4.50. The normalized spacial score (nSPS) is 12.4. The van der Waals surface area contributed by atoms with E-state index in [9.17, 15) is 13.6 Å². The number of hydrogen-bond acceptors (Lipinski definition) is 5. The van der Waals surface area contributed by atoms with Gasteiger partial charge in [0, 0.05) is 21.9 Å². The van der Waals surface area contributed by atoms with Crippen molar-refractivity contribution < 1.29 is 13.6 Å². The predicted molar refractivity (Wildman–Crippen MR) is 105 cm³/mol. The van der Waals surface area contributed by atoms with Crippen LogP contribution in [0.4, 0.5) is 8.78 Å². The van der Waals surface area contributed by atoms with Crippen molar-refractivity contribution in [3.63, 3.8) is 0 Å². The number of amides is 1. The molecule has 1 amide bonds. The number of aromatic nitrogens is 2. The van der Waals surface area contributed by atoms with Crippen LogP contribution in [0, 0.1) is 32.4 Å². The predicted octanol–water partition coefficient (Wildman–Crippen LogP) is 4.86. The van der Waals surface area contributed by atoms with Gasteiger partial charge in [0.15, 0.2) is 0 Å². The summed E-state index contributed by atoms with van der Waals surface area (Å²) < 4.78 is 26.9. The third-order valence-electron chi connectivity index (χ3n) is 4.25. The van der Waals surface area contributed by atoms with Gasteiger partial charge in [0.25, 0.3) is 0 Å². The molecular weight excluding hydrogens is 388 g/mol. The maximum Gasteiger partial charge on any atom is 0.230 e. The van der Waals surface area contributed by atoms with Crippen molar-refractivity contribution in [2.45, 2.75) is 38.8 Å². The van der Waals surface area contributed by atoms with Gasteiger partial charge >= 0.3 is 0 Å². The minimum absolute atomic E-state index is 0.146. The van der Waals surface area contributed by atoms with E-state index in [1.165, 1.54) is 28.8 Å². The van der Waals surface area contributed by atoms with E-state index in [1.807, 2.05) is 20.8 Å². The van der Waals surface area contributed by atoms with Crippen molar-refractivity contribution in [3.8, 4) is 0 Å². The van der Waals surface area contributed by atoms with Crippen molar-refractivity contribution >= 4 is 39.2 Å². The van der Waals surface area contributed by atoms with E-state index in [-0.39, 0.29) is 17.2 Å². The summed E-state index contributed by atoms with van der Waals surface area (Å²) in [6.07, 6.45) is 0. The zero-order valence-electron chi connectivity index (χ0n) is 15.4. The van der Waals surface area contributed by atoms with Crippen LogP contribution in [-0.4, -0.2) is 21.6 Å². The Kier molecular flexibility index (Phi) is 5.76. The summed E-state index contributed by atoms with van der Waals surface area (Å²) in [7, 11) is 0. The molecule has 1 N–H and O–H groups in total. The molecular formula is C19H19F2N3OS2. The second kappa shape index (κ2) is 7.90. The Morgan fingerprint density at radius 2 is 2.00 bits per heavy atom. The Balaban J connectivity index is 1.71. The second-order valence-corrected chi connectivity index (χ2v) is 8.45. The number of fused-ring (bicyclic) bond motifs is 1. The Morgan fingerprint density at radius 3 is 2.70 bits per heavy atom. The molecule has 0 saturated carbocycles. The Bertz CT molecular complexity index is 1020. The van der Waals surface area contributed by atoms with Crippen LogP contribution in [0.2, 0.25) is 0 Å². The molecule has 1 atom stereocenters. The molecule has 0 aliphatic carbocycles. The average Bonchev–Trinajstić information content (AvgIpc) is 2.86. The number of thiophene rings is 1. The van der Waals surface area contributed by atoms with Gasteiger partial charge < -0.3 is 5.32 Å². The van der Waals surface area contributed by atoms with Gasteiger partial charge in [-0.15, -0.1) is 11.3 Å². The zero-order chi connectivity index (χ0) is 19.7. The van der Waals surface area contributed by atoms with Gasteiger partial charge in [-0.05, 0) is 39.3 Å². The third-order valence-corrected chi connectivity index (χ3v) is 6.33. The molecule has 8 heteroatoms. The van der Waals surface area contributed by atoms with Gasteiger partial charge in [-0.25, -0.2) is 18.7 Å². The van der Waals surface area contributed by atoms with Gasteiger partial charge in [-0.1, -0.05) is 17.8 Å². The zero-order valence-corrected chi connectivity index (χ0v) is 17.0. The minimum atomic E-state index is -0.673. The lowest BCUT2D eigenvalue weighted by molar-refractivity contribution is -0.119. The molecule has 0 unspecified atom stereocenters. The Labute approximate surface area is 164 Å². The highest BCUT2D eigenvalue weighted by Gasteiger charge is 2.17. The van der Waals surface area contributed by atoms with E-state index >= 15 is 0 Å². The topological polar surface area (TPSA) is 54.9 Å². The summed E-state index contributed by atoms with van der Waals surface area (Å²) in [6, 6.07) is 2.78. The van der Waals surface area contributed by atoms with E-state index in [4.69, 9.17) is 0 Å². The van der Waals surface area contributed by atoms with E-state index in [2.05, 4.69) is 15.3 Å². The Hall–Kier alpha value is -2.06. The van der Waals surface area contributed by atoms with Gasteiger partial charge in [0.05, 0.1) is 11.8 Å². The first-order valence-electron chi connectivity index (χ1n) is 8.37. The molecule has 3 rings (SSSR count). The molecule has 0 saturated heterocycles. The molecule has 0 spiro atoms. The lowest BCUT2D eigenvalue weighted by Gasteiger charge is -2.15. The number of rotatable bonds is 5. The van der Waals surface area contributed by atoms with Gasteiger partial charge in [0.1, 0.15) is 27.3 Å². The lowest BCUT2D eigenvalue weighted by atomic mass is 10.1. The van der Waals surface area contributed by atoms with Crippen LogP contribution in [0.15, 0.2) is 23.2 Å². The third kappa shape index (κ3) is 4.27. The fourth-order valence-corrected chi connectivity index (χ4v) is 4.85. The number of carbonyl (C=O) groups is 1. The van der Waals surface area contributed by atoms with Crippen LogP contribution in [-0.2, 0) is 4.79 Å². The minimum Gasteiger partial charge on any atom is -0.349 e. The van der Waals surface area contributed by atoms with Crippen molar-refractivity contribution in [1.82, 2.24) is 15.3 Å². The number of nitrogens with zero attached hydrogens (tertiary/aromatic N) is 2. The fourth-order valence-electron chi connectivity index (χ4n) is 2.77. The molecule has 2 aromatic heterocycles. The number of halogens is 2. The summed E-state index contributed by atoms with van der Waals surface area (Å²) in [5.74, 6) is -0.755. The lowest BCUT2D eigenvalue weighted by Crippen LogP contribution is -2.28. The summed E-state index contributed by atoms with van der Waals surface area (Å²) in [6.45, 7) is 7.55. The number of hydrogen-bond donors (Lipinski definition) is 1. The standard InChI is InChI=1S/C19H19F2N3OS2/c1-9-11(3)27-19-17(9)18(23-12(4)24-19)26-8-16(25)22-10(2)14-6-5-13(20)7-15(14)21/h5-7,10H,8H2,1-4H3,(H,22,25)/t10-/m0/s1. The molecule has 0 aliphatic rings. The van der Waals surface area contributed by atoms with E-state index in [1.54, 1.807) is 18.3 Å². The highest BCUT2D eigenvalue weighted by Crippen LogP contribution is 2.35. The largest absolute Gasteiger partial charge is 0.349 e. The number of nitrogens with one attached hydrogen (secondary N) is 1. The highest BCUT2D eigenvalue weighted by molar-refractivity contribution is 8.00. The molecule has 2 heterocycles. The first-order chi connectivity index (χ1) is 12.8. The summed E-state index contributed by atoms with van der Waals surface area (Å²) in [5.41, 5.74) is 1.37. The Morgan fingerprint density at radius 1 is 1.26 bits per heavy atom. The highest BCUT2D eigenvalue weighted by atomic mass is 32.2. The molecule has 0 radical (unpaired) electrons. The molecule has 4 nitrogen and oxygen atoms in total. The number of aryl methyl sites for hydroxylation is 3. The molecule has 3 aromatic rings.